The summed E-state index contributed by atoms with van der Waals surface area (Å²) >= 11 is 0. The van der Waals surface area contributed by atoms with E-state index in [0.29, 0.717) is 37.0 Å². The summed E-state index contributed by atoms with van der Waals surface area (Å²) in [4.78, 5) is 44.7. The van der Waals surface area contributed by atoms with Crippen LogP contribution in [0, 0.1) is 5.92 Å². The molecule has 240 valence electrons. The van der Waals surface area contributed by atoms with Crippen molar-refractivity contribution in [3.63, 3.8) is 0 Å². The van der Waals surface area contributed by atoms with E-state index >= 15 is 0 Å². The first kappa shape index (κ1) is 33.3. The number of benzene rings is 3. The fourth-order valence-corrected chi connectivity index (χ4v) is 5.97. The number of nitrogens with zero attached hydrogens (tertiary/aromatic N) is 2. The minimum atomic E-state index is -4.17. The molecule has 0 atom stereocenters. The van der Waals surface area contributed by atoms with Crippen molar-refractivity contribution in [3.8, 4) is 5.75 Å². The molecule has 1 saturated heterocycles. The Morgan fingerprint density at radius 2 is 1.47 bits per heavy atom. The lowest BCUT2D eigenvalue weighted by molar-refractivity contribution is -0.120. The minimum absolute atomic E-state index is 0.0755. The molecule has 0 bridgehead atoms. The van der Waals surface area contributed by atoms with E-state index in [1.54, 1.807) is 65.6 Å². The lowest BCUT2D eigenvalue weighted by atomic mass is 9.94. The molecular weight excluding hydrogens is 596 g/mol. The summed E-state index contributed by atoms with van der Waals surface area (Å²) in [5.41, 5.74) is -0.0190. The number of anilines is 1. The van der Waals surface area contributed by atoms with E-state index in [2.05, 4.69) is 10.6 Å². The third-order valence-electron chi connectivity index (χ3n) is 7.08. The van der Waals surface area contributed by atoms with Gasteiger partial charge >= 0.3 is 6.09 Å². The standard InChI is InChI=1S/C33H40N4O7S/c1-33(2,3)43-32(40)36-22-19-25(20-23-36)18-21-34-30(38)24-35-31(39)26-14-16-29(17-15-26)45(41,42)37(27-10-6-4-7-11-27)44-28-12-8-5-9-13-28/h4-17,25H,18-24H2,1-3H3,(H,34,38)(H,35,39). The van der Waals surface area contributed by atoms with Crippen LogP contribution in [0.3, 0.4) is 0 Å². The van der Waals surface area contributed by atoms with Crippen LogP contribution >= 0.6 is 0 Å². The molecule has 45 heavy (non-hydrogen) atoms. The summed E-state index contributed by atoms with van der Waals surface area (Å²) in [6, 6.07) is 22.4. The minimum Gasteiger partial charge on any atom is -0.444 e. The highest BCUT2D eigenvalue weighted by molar-refractivity contribution is 7.92. The molecule has 3 amide bonds. The van der Waals surface area contributed by atoms with Crippen molar-refractivity contribution in [1.82, 2.24) is 15.5 Å². The zero-order valence-electron chi connectivity index (χ0n) is 25.8. The summed E-state index contributed by atoms with van der Waals surface area (Å²) in [5.74, 6) is -0.124. The Morgan fingerprint density at radius 3 is 2.07 bits per heavy atom. The van der Waals surface area contributed by atoms with E-state index < -0.39 is 21.5 Å². The summed E-state index contributed by atoms with van der Waals surface area (Å²) in [6.45, 7) is 7.01. The molecule has 0 radical (unpaired) electrons. The fourth-order valence-electron chi connectivity index (χ4n) is 4.71. The number of hydrogen-bond donors (Lipinski definition) is 2. The molecule has 4 rings (SSSR count). The van der Waals surface area contributed by atoms with Crippen LogP contribution in [-0.2, 0) is 19.6 Å². The molecule has 3 aromatic carbocycles. The highest BCUT2D eigenvalue weighted by atomic mass is 32.2. The number of likely N-dealkylation sites (tertiary alicyclic amines) is 1. The molecule has 0 aliphatic carbocycles. The maximum absolute atomic E-state index is 13.6. The number of ether oxygens (including phenoxy) is 1. The molecule has 11 nitrogen and oxygen atoms in total. The average molecular weight is 637 g/mol. The maximum atomic E-state index is 13.6. The first-order valence-electron chi connectivity index (χ1n) is 14.9. The van der Waals surface area contributed by atoms with Gasteiger partial charge in [0.25, 0.3) is 15.9 Å². The molecule has 0 spiro atoms. The topological polar surface area (TPSA) is 134 Å². The number of amides is 3. The van der Waals surface area contributed by atoms with Gasteiger partial charge in [0, 0.05) is 25.2 Å². The number of rotatable bonds is 11. The molecule has 1 fully saturated rings. The SMILES string of the molecule is CC(C)(C)OC(=O)N1CCC(CCNC(=O)CNC(=O)c2ccc(S(=O)(=O)N(Oc3ccccc3)c3ccccc3)cc2)CC1. The zero-order chi connectivity index (χ0) is 32.5. The van der Waals surface area contributed by atoms with Crippen LogP contribution in [0.5, 0.6) is 5.75 Å². The van der Waals surface area contributed by atoms with Crippen molar-refractivity contribution in [2.24, 2.45) is 5.92 Å². The second-order valence-corrected chi connectivity index (χ2v) is 13.5. The summed E-state index contributed by atoms with van der Waals surface area (Å²) in [7, 11) is -4.17. The Labute approximate surface area is 264 Å². The van der Waals surface area contributed by atoms with Crippen LogP contribution in [0.25, 0.3) is 0 Å². The molecule has 1 heterocycles. The van der Waals surface area contributed by atoms with Crippen molar-refractivity contribution >= 4 is 33.6 Å². The Morgan fingerprint density at radius 1 is 0.867 bits per heavy atom. The molecule has 0 aromatic heterocycles. The molecule has 2 N–H and O–H groups in total. The smallest absolute Gasteiger partial charge is 0.410 e. The van der Waals surface area contributed by atoms with Crippen LogP contribution in [0.2, 0.25) is 0 Å². The van der Waals surface area contributed by atoms with Crippen LogP contribution in [-0.4, -0.2) is 63.0 Å². The van der Waals surface area contributed by atoms with Crippen LogP contribution < -0.4 is 19.9 Å². The first-order chi connectivity index (χ1) is 21.4. The Kier molecular flexibility index (Phi) is 11.1. The predicted molar refractivity (Wildman–Crippen MR) is 170 cm³/mol. The van der Waals surface area contributed by atoms with E-state index in [1.807, 2.05) is 20.8 Å². The molecular formula is C33H40N4O7S. The lowest BCUT2D eigenvalue weighted by Gasteiger charge is -2.33. The third kappa shape index (κ3) is 9.70. The van der Waals surface area contributed by atoms with Crippen molar-refractivity contribution < 1.29 is 32.4 Å². The van der Waals surface area contributed by atoms with Gasteiger partial charge in [-0.1, -0.05) is 40.9 Å². The highest BCUT2D eigenvalue weighted by Gasteiger charge is 2.28. The van der Waals surface area contributed by atoms with Gasteiger partial charge < -0.3 is 25.1 Å². The van der Waals surface area contributed by atoms with E-state index in [0.717, 1.165) is 23.7 Å². The second kappa shape index (κ2) is 14.9. The molecule has 1 aliphatic rings. The number of sulfonamides is 1. The summed E-state index contributed by atoms with van der Waals surface area (Å²) in [6.07, 6.45) is 2.14. The van der Waals surface area contributed by atoms with Gasteiger partial charge in [-0.15, -0.1) is 0 Å². The molecule has 12 heteroatoms. The monoisotopic (exact) mass is 636 g/mol. The number of para-hydroxylation sites is 2. The maximum Gasteiger partial charge on any atom is 0.410 e. The van der Waals surface area contributed by atoms with Gasteiger partial charge in [-0.3, -0.25) is 9.59 Å². The average Bonchev–Trinajstić information content (AvgIpc) is 3.03. The van der Waals surface area contributed by atoms with Gasteiger partial charge in [0.15, 0.2) is 5.75 Å². The van der Waals surface area contributed by atoms with Crippen LogP contribution in [0.15, 0.2) is 89.8 Å². The molecule has 3 aromatic rings. The Hall–Kier alpha value is -4.58. The van der Waals surface area contributed by atoms with Crippen molar-refractivity contribution in [1.29, 1.82) is 0 Å². The van der Waals surface area contributed by atoms with Crippen LogP contribution in [0.4, 0.5) is 10.5 Å². The lowest BCUT2D eigenvalue weighted by Crippen LogP contribution is -2.42. The second-order valence-electron chi connectivity index (χ2n) is 11.7. The van der Waals surface area contributed by atoms with Crippen molar-refractivity contribution in [2.75, 3.05) is 30.6 Å². The van der Waals surface area contributed by atoms with Crippen LogP contribution in [0.1, 0.15) is 50.4 Å². The normalized spacial score (nSPS) is 13.9. The van der Waals surface area contributed by atoms with Gasteiger partial charge in [-0.25, -0.2) is 4.79 Å². The van der Waals surface area contributed by atoms with Gasteiger partial charge in [0.1, 0.15) is 5.60 Å². The van der Waals surface area contributed by atoms with E-state index in [4.69, 9.17) is 9.57 Å². The predicted octanol–water partition coefficient (Wildman–Crippen LogP) is 4.76. The number of carbonyl (C=O) groups is 3. The molecule has 1 aliphatic heterocycles. The van der Waals surface area contributed by atoms with E-state index in [-0.39, 0.29) is 29.0 Å². The largest absolute Gasteiger partial charge is 0.444 e. The third-order valence-corrected chi connectivity index (χ3v) is 8.67. The molecule has 0 saturated carbocycles. The zero-order valence-corrected chi connectivity index (χ0v) is 26.6. The summed E-state index contributed by atoms with van der Waals surface area (Å²) < 4.78 is 33.4. The van der Waals surface area contributed by atoms with Gasteiger partial charge in [0.05, 0.1) is 17.1 Å². The number of carbonyl (C=O) groups excluding carboxylic acids is 3. The van der Waals surface area contributed by atoms with Gasteiger partial charge in [0.2, 0.25) is 5.91 Å². The van der Waals surface area contributed by atoms with Gasteiger partial charge in [-0.05, 0) is 94.5 Å². The molecule has 0 unspecified atom stereocenters. The number of nitrogens with one attached hydrogen (secondary N) is 2. The Balaban J connectivity index is 1.25. The quantitative estimate of drug-likeness (QED) is 0.290. The summed E-state index contributed by atoms with van der Waals surface area (Å²) in [5, 5.41) is 5.39. The van der Waals surface area contributed by atoms with Crippen molar-refractivity contribution in [2.45, 2.75) is 50.5 Å². The first-order valence-corrected chi connectivity index (χ1v) is 16.3. The Bertz CT molecular complexity index is 1540. The number of piperidine rings is 1. The van der Waals surface area contributed by atoms with E-state index in [1.165, 1.54) is 24.3 Å². The van der Waals surface area contributed by atoms with Crippen molar-refractivity contribution in [3.05, 3.63) is 90.5 Å². The van der Waals surface area contributed by atoms with E-state index in [9.17, 15) is 22.8 Å². The fraction of sp³-hybridized carbons (Fsp3) is 0.364. The van der Waals surface area contributed by atoms with Gasteiger partial charge in [-0.2, -0.15) is 8.42 Å². The highest BCUT2D eigenvalue weighted by Crippen LogP contribution is 2.26. The number of hydrogen-bond acceptors (Lipinski definition) is 7.